The number of nitrogens with one attached hydrogen (secondary N) is 1. The Morgan fingerprint density at radius 3 is 2.78 bits per heavy atom. The van der Waals surface area contributed by atoms with E-state index >= 15 is 0 Å². The number of halogens is 1. The molecule has 2 atom stereocenters. The van der Waals surface area contributed by atoms with Crippen molar-refractivity contribution in [3.63, 3.8) is 0 Å². The van der Waals surface area contributed by atoms with Crippen molar-refractivity contribution in [1.82, 2.24) is 15.1 Å². The maximum Gasteiger partial charge on any atom is 0.0847 e. The van der Waals surface area contributed by atoms with Gasteiger partial charge in [-0.3, -0.25) is 4.68 Å². The molecule has 102 valence electrons. The Bertz CT molecular complexity index is 424. The molecule has 2 unspecified atom stereocenters. The minimum Gasteiger partial charge on any atom is -0.315 e. The highest BCUT2D eigenvalue weighted by molar-refractivity contribution is 8.00. The van der Waals surface area contributed by atoms with Crippen molar-refractivity contribution >= 4 is 23.4 Å². The lowest BCUT2D eigenvalue weighted by atomic mass is 9.92. The summed E-state index contributed by atoms with van der Waals surface area (Å²) in [6.07, 6.45) is 3.53. The molecule has 1 aromatic heterocycles. The molecule has 3 nitrogen and oxygen atoms in total. The second-order valence-electron chi connectivity index (χ2n) is 5.28. The van der Waals surface area contributed by atoms with Crippen molar-refractivity contribution in [2.75, 3.05) is 12.8 Å². The van der Waals surface area contributed by atoms with E-state index in [9.17, 15) is 0 Å². The van der Waals surface area contributed by atoms with Gasteiger partial charge in [-0.05, 0) is 39.5 Å². The maximum atomic E-state index is 6.35. The number of aryl methyl sites for hydroxylation is 2. The monoisotopic (exact) mass is 287 g/mol. The average molecular weight is 288 g/mol. The largest absolute Gasteiger partial charge is 0.315 e. The number of rotatable bonds is 4. The van der Waals surface area contributed by atoms with Gasteiger partial charge in [0.15, 0.2) is 0 Å². The number of thioether (sulfide) groups is 1. The predicted octanol–water partition coefficient (Wildman–Crippen LogP) is 2.80. The van der Waals surface area contributed by atoms with E-state index in [-0.39, 0.29) is 0 Å². The SMILES string of the molecule is CNC(Cc1c(Cl)c(C)nn1C)C1(C)CCCS1. The number of hydrogen-bond acceptors (Lipinski definition) is 3. The zero-order valence-corrected chi connectivity index (χ0v) is 13.2. The van der Waals surface area contributed by atoms with E-state index in [4.69, 9.17) is 11.6 Å². The van der Waals surface area contributed by atoms with Gasteiger partial charge in [-0.15, -0.1) is 0 Å². The van der Waals surface area contributed by atoms with Crippen LogP contribution in [0.1, 0.15) is 31.2 Å². The van der Waals surface area contributed by atoms with Gasteiger partial charge in [0.25, 0.3) is 0 Å². The lowest BCUT2D eigenvalue weighted by molar-refractivity contribution is 0.416. The highest BCUT2D eigenvalue weighted by Gasteiger charge is 2.37. The highest BCUT2D eigenvalue weighted by Crippen LogP contribution is 2.41. The molecule has 1 aromatic rings. The minimum atomic E-state index is 0.316. The van der Waals surface area contributed by atoms with Gasteiger partial charge in [0.05, 0.1) is 16.4 Å². The molecule has 0 aliphatic carbocycles. The molecular weight excluding hydrogens is 266 g/mol. The molecule has 0 spiro atoms. The van der Waals surface area contributed by atoms with Gasteiger partial charge < -0.3 is 5.32 Å². The van der Waals surface area contributed by atoms with Crippen molar-refractivity contribution < 1.29 is 0 Å². The third-order valence-electron chi connectivity index (χ3n) is 3.99. The van der Waals surface area contributed by atoms with Crippen LogP contribution in [0.4, 0.5) is 0 Å². The molecule has 1 aliphatic rings. The summed E-state index contributed by atoms with van der Waals surface area (Å²) < 4.78 is 2.24. The summed E-state index contributed by atoms with van der Waals surface area (Å²) in [4.78, 5) is 0. The highest BCUT2D eigenvalue weighted by atomic mass is 35.5. The average Bonchev–Trinajstić information content (AvgIpc) is 2.85. The van der Waals surface area contributed by atoms with Crippen LogP contribution in [0.15, 0.2) is 0 Å². The molecule has 0 bridgehead atoms. The molecule has 2 rings (SSSR count). The minimum absolute atomic E-state index is 0.316. The standard InChI is InChI=1S/C13H22ClN3S/c1-9-12(14)10(17(4)16-9)8-11(15-3)13(2)6-5-7-18-13/h11,15H,5-8H2,1-4H3. The first kappa shape index (κ1) is 14.2. The smallest absolute Gasteiger partial charge is 0.0847 e. The van der Waals surface area contributed by atoms with E-state index in [1.54, 1.807) is 0 Å². The first-order chi connectivity index (χ1) is 8.48. The van der Waals surface area contributed by atoms with Crippen LogP contribution in [0.2, 0.25) is 5.02 Å². The Hall–Kier alpha value is -0.190. The van der Waals surface area contributed by atoms with Crippen molar-refractivity contribution in [2.24, 2.45) is 7.05 Å². The van der Waals surface area contributed by atoms with Crippen LogP contribution in [0.25, 0.3) is 0 Å². The van der Waals surface area contributed by atoms with Gasteiger partial charge in [0, 0.05) is 24.3 Å². The molecule has 0 radical (unpaired) electrons. The topological polar surface area (TPSA) is 29.9 Å². The molecule has 1 fully saturated rings. The van der Waals surface area contributed by atoms with Crippen LogP contribution in [0.5, 0.6) is 0 Å². The van der Waals surface area contributed by atoms with Gasteiger partial charge in [-0.2, -0.15) is 16.9 Å². The van der Waals surface area contributed by atoms with Gasteiger partial charge in [0.1, 0.15) is 0 Å². The van der Waals surface area contributed by atoms with Gasteiger partial charge in [-0.25, -0.2) is 0 Å². The van der Waals surface area contributed by atoms with E-state index in [2.05, 4.69) is 29.1 Å². The van der Waals surface area contributed by atoms with Crippen LogP contribution in [-0.2, 0) is 13.5 Å². The summed E-state index contributed by atoms with van der Waals surface area (Å²) in [5, 5.41) is 8.70. The molecule has 0 saturated carbocycles. The fourth-order valence-corrected chi connectivity index (χ4v) is 4.48. The summed E-state index contributed by atoms with van der Waals surface area (Å²) in [6, 6.07) is 0.442. The first-order valence-corrected chi connectivity index (χ1v) is 7.83. The number of nitrogens with zero attached hydrogens (tertiary/aromatic N) is 2. The second-order valence-corrected chi connectivity index (χ2v) is 7.29. The Labute approximate surface area is 119 Å². The van der Waals surface area contributed by atoms with Crippen LogP contribution >= 0.6 is 23.4 Å². The van der Waals surface area contributed by atoms with E-state index in [1.807, 2.05) is 25.7 Å². The van der Waals surface area contributed by atoms with Crippen LogP contribution in [0.3, 0.4) is 0 Å². The predicted molar refractivity (Wildman–Crippen MR) is 79.6 cm³/mol. The zero-order valence-electron chi connectivity index (χ0n) is 11.6. The molecular formula is C13H22ClN3S. The molecule has 5 heteroatoms. The van der Waals surface area contributed by atoms with Gasteiger partial charge in [-0.1, -0.05) is 11.6 Å². The van der Waals surface area contributed by atoms with Crippen molar-refractivity contribution in [3.05, 3.63) is 16.4 Å². The summed E-state index contributed by atoms with van der Waals surface area (Å²) in [7, 11) is 4.02. The lowest BCUT2D eigenvalue weighted by Gasteiger charge is -2.33. The summed E-state index contributed by atoms with van der Waals surface area (Å²) in [5.74, 6) is 1.27. The van der Waals surface area contributed by atoms with E-state index in [0.29, 0.717) is 10.8 Å². The van der Waals surface area contributed by atoms with E-state index < -0.39 is 0 Å². The van der Waals surface area contributed by atoms with Crippen LogP contribution in [0, 0.1) is 6.92 Å². The molecule has 1 N–H and O–H groups in total. The van der Waals surface area contributed by atoms with Crippen molar-refractivity contribution in [2.45, 2.75) is 43.9 Å². The fraction of sp³-hybridized carbons (Fsp3) is 0.769. The molecule has 18 heavy (non-hydrogen) atoms. The fourth-order valence-electron chi connectivity index (χ4n) is 2.79. The third-order valence-corrected chi connectivity index (χ3v) is 6.13. The van der Waals surface area contributed by atoms with E-state index in [1.165, 1.54) is 18.6 Å². The molecule has 0 aromatic carbocycles. The number of likely N-dealkylation sites (N-methyl/N-ethyl adjacent to an activating group) is 1. The van der Waals surface area contributed by atoms with Crippen molar-refractivity contribution in [1.29, 1.82) is 0 Å². The Kier molecular flexibility index (Phi) is 4.29. The molecule has 2 heterocycles. The van der Waals surface area contributed by atoms with Gasteiger partial charge >= 0.3 is 0 Å². The molecule has 1 aliphatic heterocycles. The maximum absolute atomic E-state index is 6.35. The zero-order chi connectivity index (χ0) is 13.3. The normalized spacial score (nSPS) is 25.6. The summed E-state index contributed by atoms with van der Waals surface area (Å²) in [6.45, 7) is 4.33. The quantitative estimate of drug-likeness (QED) is 0.923. The third kappa shape index (κ3) is 2.56. The number of aromatic nitrogens is 2. The van der Waals surface area contributed by atoms with Crippen LogP contribution in [-0.4, -0.2) is 33.4 Å². The van der Waals surface area contributed by atoms with E-state index in [0.717, 1.165) is 22.8 Å². The summed E-state index contributed by atoms with van der Waals surface area (Å²) in [5.41, 5.74) is 2.07. The molecule has 1 saturated heterocycles. The Morgan fingerprint density at radius 1 is 1.61 bits per heavy atom. The molecule has 0 amide bonds. The lowest BCUT2D eigenvalue weighted by Crippen LogP contribution is -2.45. The van der Waals surface area contributed by atoms with Gasteiger partial charge in [0.2, 0.25) is 0 Å². The first-order valence-electron chi connectivity index (χ1n) is 6.47. The Balaban J connectivity index is 2.20. The van der Waals surface area contributed by atoms with Crippen LogP contribution < -0.4 is 5.32 Å². The van der Waals surface area contributed by atoms with Crippen molar-refractivity contribution in [3.8, 4) is 0 Å². The summed E-state index contributed by atoms with van der Waals surface area (Å²) >= 11 is 8.43. The second kappa shape index (κ2) is 5.43. The number of hydrogen-bond donors (Lipinski definition) is 1. The Morgan fingerprint density at radius 2 is 2.33 bits per heavy atom.